The highest BCUT2D eigenvalue weighted by Crippen LogP contribution is 2.39. The molecule has 2 nitrogen and oxygen atoms in total. The fourth-order valence-electron chi connectivity index (χ4n) is 2.95. The van der Waals surface area contributed by atoms with E-state index in [1.54, 1.807) is 0 Å². The molecule has 2 saturated carbocycles. The lowest BCUT2D eigenvalue weighted by Crippen LogP contribution is -2.38. The third kappa shape index (κ3) is 4.19. The van der Waals surface area contributed by atoms with Gasteiger partial charge in [0.2, 0.25) is 0 Å². The molecule has 2 heteroatoms. The van der Waals surface area contributed by atoms with Gasteiger partial charge in [0.15, 0.2) is 0 Å². The molecule has 0 spiro atoms. The van der Waals surface area contributed by atoms with Gasteiger partial charge in [-0.15, -0.1) is 0 Å². The summed E-state index contributed by atoms with van der Waals surface area (Å²) in [5.74, 6) is 0.643. The average Bonchev–Trinajstić information content (AvgIpc) is 3.16. The van der Waals surface area contributed by atoms with Crippen LogP contribution in [-0.4, -0.2) is 18.1 Å². The summed E-state index contributed by atoms with van der Waals surface area (Å²) in [4.78, 5) is 0. The first-order valence-corrected chi connectivity index (χ1v) is 7.38. The van der Waals surface area contributed by atoms with Gasteiger partial charge in [0.1, 0.15) is 0 Å². The number of hydrogen-bond acceptors (Lipinski definition) is 2. The second-order valence-electron chi connectivity index (χ2n) is 5.72. The third-order valence-electron chi connectivity index (χ3n) is 4.18. The van der Waals surface area contributed by atoms with Crippen molar-refractivity contribution in [2.75, 3.05) is 0 Å². The van der Waals surface area contributed by atoms with Crippen molar-refractivity contribution >= 4 is 0 Å². The fraction of sp³-hybridized carbons (Fsp3) is 0.529. The van der Waals surface area contributed by atoms with E-state index in [1.807, 2.05) is 18.2 Å². The summed E-state index contributed by atoms with van der Waals surface area (Å²) in [6.45, 7) is 7.52. The Labute approximate surface area is 117 Å². The van der Waals surface area contributed by atoms with Crippen molar-refractivity contribution in [3.63, 3.8) is 0 Å². The molecule has 0 aromatic heterocycles. The quantitative estimate of drug-likeness (QED) is 0.719. The minimum Gasteiger partial charge on any atom is -0.328 e. The van der Waals surface area contributed by atoms with Gasteiger partial charge in [-0.3, -0.25) is 0 Å². The molecule has 2 rings (SSSR count). The number of hydrogen-bond donors (Lipinski definition) is 2. The van der Waals surface area contributed by atoms with Crippen LogP contribution in [0.2, 0.25) is 0 Å². The summed E-state index contributed by atoms with van der Waals surface area (Å²) in [6, 6.07) is 1.74. The molecule has 0 aromatic carbocycles. The van der Waals surface area contributed by atoms with Crippen molar-refractivity contribution in [2.24, 2.45) is 11.7 Å². The van der Waals surface area contributed by atoms with Gasteiger partial charge in [-0.2, -0.15) is 0 Å². The standard InChI is InChI=1S/C17H26N2/c1-3-5-7-13(6-4-2)16-12-17(16)19-15-10-8-14(18)9-11-15/h3-7,14-17,19H,1-2,8-12,18H2/b7-5-,13-6+/t14-,15-,16-,17+/m0/s1. The van der Waals surface area contributed by atoms with Crippen molar-refractivity contribution in [1.29, 1.82) is 0 Å². The van der Waals surface area contributed by atoms with Gasteiger partial charge in [-0.1, -0.05) is 43.5 Å². The van der Waals surface area contributed by atoms with E-state index < -0.39 is 0 Å². The minimum atomic E-state index is 0.430. The summed E-state index contributed by atoms with van der Waals surface area (Å²) in [6.07, 6.45) is 16.0. The van der Waals surface area contributed by atoms with Gasteiger partial charge in [-0.25, -0.2) is 0 Å². The van der Waals surface area contributed by atoms with Gasteiger partial charge in [0, 0.05) is 24.0 Å². The Morgan fingerprint density at radius 2 is 1.84 bits per heavy atom. The second-order valence-corrected chi connectivity index (χ2v) is 5.72. The molecule has 0 bridgehead atoms. The Morgan fingerprint density at radius 3 is 2.47 bits per heavy atom. The van der Waals surface area contributed by atoms with E-state index in [1.165, 1.54) is 37.7 Å². The van der Waals surface area contributed by atoms with E-state index >= 15 is 0 Å². The highest BCUT2D eigenvalue weighted by molar-refractivity contribution is 5.33. The highest BCUT2D eigenvalue weighted by atomic mass is 15.0. The number of rotatable bonds is 6. The maximum Gasteiger partial charge on any atom is 0.0145 e. The van der Waals surface area contributed by atoms with Crippen LogP contribution >= 0.6 is 0 Å². The van der Waals surface area contributed by atoms with E-state index in [0.29, 0.717) is 24.0 Å². The Balaban J connectivity index is 1.82. The predicted octanol–water partition coefficient (Wildman–Crippen LogP) is 3.09. The Hall–Kier alpha value is -1.12. The molecule has 2 fully saturated rings. The van der Waals surface area contributed by atoms with Gasteiger partial charge in [-0.05, 0) is 37.7 Å². The molecule has 2 aliphatic carbocycles. The van der Waals surface area contributed by atoms with Crippen LogP contribution in [0.3, 0.4) is 0 Å². The van der Waals surface area contributed by atoms with Gasteiger partial charge < -0.3 is 11.1 Å². The van der Waals surface area contributed by atoms with Crippen LogP contribution in [0.4, 0.5) is 0 Å². The molecule has 0 saturated heterocycles. The zero-order valence-electron chi connectivity index (χ0n) is 11.7. The topological polar surface area (TPSA) is 38.0 Å². The predicted molar refractivity (Wildman–Crippen MR) is 82.9 cm³/mol. The maximum absolute atomic E-state index is 5.95. The Morgan fingerprint density at radius 1 is 1.11 bits per heavy atom. The second kappa shape index (κ2) is 6.88. The summed E-state index contributed by atoms with van der Waals surface area (Å²) in [5, 5.41) is 3.79. The molecule has 0 aliphatic heterocycles. The Bertz CT molecular complexity index is 373. The SMILES string of the molecule is C=C/C=C\C(=C/C=C)[C@@H]1C[C@H]1N[C@H]1CC[C@H](N)CC1. The largest absolute Gasteiger partial charge is 0.328 e. The first kappa shape index (κ1) is 14.3. The molecular formula is C17H26N2. The van der Waals surface area contributed by atoms with E-state index in [9.17, 15) is 0 Å². The molecule has 0 radical (unpaired) electrons. The van der Waals surface area contributed by atoms with Crippen molar-refractivity contribution in [3.8, 4) is 0 Å². The monoisotopic (exact) mass is 258 g/mol. The summed E-state index contributed by atoms with van der Waals surface area (Å²) >= 11 is 0. The summed E-state index contributed by atoms with van der Waals surface area (Å²) in [7, 11) is 0. The number of allylic oxidation sites excluding steroid dienone is 5. The number of nitrogens with one attached hydrogen (secondary N) is 1. The van der Waals surface area contributed by atoms with E-state index in [2.05, 4.69) is 30.6 Å². The molecular weight excluding hydrogens is 232 g/mol. The molecule has 3 N–H and O–H groups in total. The van der Waals surface area contributed by atoms with E-state index in [0.717, 1.165) is 0 Å². The number of nitrogens with two attached hydrogens (primary N) is 1. The van der Waals surface area contributed by atoms with Crippen LogP contribution < -0.4 is 11.1 Å². The minimum absolute atomic E-state index is 0.430. The van der Waals surface area contributed by atoms with Crippen molar-refractivity contribution < 1.29 is 0 Å². The molecule has 0 amide bonds. The van der Waals surface area contributed by atoms with Crippen LogP contribution in [-0.2, 0) is 0 Å². The van der Waals surface area contributed by atoms with Crippen LogP contribution in [0.25, 0.3) is 0 Å². The molecule has 104 valence electrons. The van der Waals surface area contributed by atoms with Crippen molar-refractivity contribution in [1.82, 2.24) is 5.32 Å². The molecule has 19 heavy (non-hydrogen) atoms. The van der Waals surface area contributed by atoms with Gasteiger partial charge in [0.25, 0.3) is 0 Å². The zero-order valence-corrected chi connectivity index (χ0v) is 11.7. The fourth-order valence-corrected chi connectivity index (χ4v) is 2.95. The lowest BCUT2D eigenvalue weighted by atomic mass is 9.92. The highest BCUT2D eigenvalue weighted by Gasteiger charge is 2.40. The molecule has 2 atom stereocenters. The first-order chi connectivity index (χ1) is 9.24. The molecule has 2 aliphatic rings. The van der Waals surface area contributed by atoms with Crippen molar-refractivity contribution in [2.45, 2.75) is 50.2 Å². The van der Waals surface area contributed by atoms with Crippen molar-refractivity contribution in [3.05, 3.63) is 49.1 Å². The smallest absolute Gasteiger partial charge is 0.0145 e. The van der Waals surface area contributed by atoms with E-state index in [4.69, 9.17) is 5.73 Å². The average molecular weight is 258 g/mol. The zero-order chi connectivity index (χ0) is 13.7. The summed E-state index contributed by atoms with van der Waals surface area (Å²) < 4.78 is 0. The van der Waals surface area contributed by atoms with E-state index in [-0.39, 0.29) is 0 Å². The van der Waals surface area contributed by atoms with Crippen LogP contribution in [0.15, 0.2) is 49.1 Å². The third-order valence-corrected chi connectivity index (χ3v) is 4.18. The van der Waals surface area contributed by atoms with Crippen LogP contribution in [0, 0.1) is 5.92 Å². The maximum atomic E-state index is 5.95. The molecule has 0 aromatic rings. The van der Waals surface area contributed by atoms with Gasteiger partial charge in [0.05, 0.1) is 0 Å². The molecule has 0 unspecified atom stereocenters. The normalized spacial score (nSPS) is 35.3. The summed E-state index contributed by atoms with van der Waals surface area (Å²) in [5.41, 5.74) is 7.31. The Kier molecular flexibility index (Phi) is 5.17. The van der Waals surface area contributed by atoms with Crippen LogP contribution in [0.1, 0.15) is 32.1 Å². The lowest BCUT2D eigenvalue weighted by Gasteiger charge is -2.27. The van der Waals surface area contributed by atoms with Gasteiger partial charge >= 0.3 is 0 Å². The lowest BCUT2D eigenvalue weighted by molar-refractivity contribution is 0.338. The van der Waals surface area contributed by atoms with Crippen LogP contribution in [0.5, 0.6) is 0 Å². The molecule has 0 heterocycles. The first-order valence-electron chi connectivity index (χ1n) is 7.38.